The Labute approximate surface area is 204 Å². The zero-order valence-corrected chi connectivity index (χ0v) is 19.9. The number of hydrogen-bond donors (Lipinski definition) is 0. The number of ether oxygens (including phenoxy) is 1. The van der Waals surface area contributed by atoms with Crippen molar-refractivity contribution in [3.05, 3.63) is 65.7 Å². The van der Waals surface area contributed by atoms with Crippen molar-refractivity contribution in [2.24, 2.45) is 11.8 Å². The van der Waals surface area contributed by atoms with E-state index >= 15 is 0 Å². The number of unbranched alkanes of at least 4 members (excludes halogenated alkanes) is 2. The fourth-order valence-corrected chi connectivity index (χ4v) is 4.90. The molecule has 0 unspecified atom stereocenters. The minimum absolute atomic E-state index is 0.0216. The fraction of sp³-hybridized carbons (Fsp3) is 0.400. The van der Waals surface area contributed by atoms with E-state index in [1.165, 1.54) is 57.4 Å². The topological polar surface area (TPSA) is 9.23 Å². The predicted molar refractivity (Wildman–Crippen MR) is 132 cm³/mol. The summed E-state index contributed by atoms with van der Waals surface area (Å²) in [5.74, 6) is 4.72. The first-order valence-corrected chi connectivity index (χ1v) is 12.4. The molecule has 0 heterocycles. The molecule has 0 aromatic heterocycles. The summed E-state index contributed by atoms with van der Waals surface area (Å²) >= 11 is 0. The van der Waals surface area contributed by atoms with Crippen LogP contribution >= 0.6 is 0 Å². The van der Waals surface area contributed by atoms with E-state index in [0.717, 1.165) is 28.7 Å². The fourth-order valence-electron chi connectivity index (χ4n) is 4.90. The molecule has 1 saturated carbocycles. The van der Waals surface area contributed by atoms with Gasteiger partial charge in [-0.15, -0.1) is 0 Å². The molecule has 1 aliphatic rings. The van der Waals surface area contributed by atoms with E-state index < -0.39 is 24.0 Å². The first kappa shape index (κ1) is 25.1. The third kappa shape index (κ3) is 6.36. The van der Waals surface area contributed by atoms with Crippen molar-refractivity contribution in [3.8, 4) is 28.7 Å². The highest BCUT2D eigenvalue weighted by molar-refractivity contribution is 5.89. The van der Waals surface area contributed by atoms with Crippen molar-refractivity contribution in [1.29, 1.82) is 0 Å². The van der Waals surface area contributed by atoms with Crippen LogP contribution in [0.5, 0.6) is 5.75 Å². The molecule has 35 heavy (non-hydrogen) atoms. The van der Waals surface area contributed by atoms with Crippen LogP contribution in [0.25, 0.3) is 21.9 Å². The summed E-state index contributed by atoms with van der Waals surface area (Å²) in [7, 11) is 0. The molecule has 1 nitrogen and oxygen atoms in total. The molecule has 0 radical (unpaired) electrons. The zero-order valence-electron chi connectivity index (χ0n) is 19.9. The quantitative estimate of drug-likeness (QED) is 0.185. The Hall–Kier alpha value is -3.00. The van der Waals surface area contributed by atoms with Gasteiger partial charge in [0.25, 0.3) is 0 Å². The Morgan fingerprint density at radius 1 is 0.914 bits per heavy atom. The average Bonchev–Trinajstić information content (AvgIpc) is 2.86. The van der Waals surface area contributed by atoms with Crippen LogP contribution in [-0.2, 0) is 0 Å². The highest BCUT2D eigenvalue weighted by Gasteiger charge is 2.20. The molecular formula is C30H30F4O. The van der Waals surface area contributed by atoms with Crippen molar-refractivity contribution in [3.63, 3.8) is 0 Å². The summed E-state index contributed by atoms with van der Waals surface area (Å²) in [5, 5.41) is 0.293. The molecule has 0 spiro atoms. The lowest BCUT2D eigenvalue weighted by molar-refractivity contribution is -0.0544. The zero-order chi connectivity index (χ0) is 24.8. The van der Waals surface area contributed by atoms with E-state index in [1.54, 1.807) is 12.1 Å². The van der Waals surface area contributed by atoms with Crippen LogP contribution in [0.15, 0.2) is 48.5 Å². The van der Waals surface area contributed by atoms with Crippen LogP contribution < -0.4 is 4.74 Å². The number of hydrogen-bond acceptors (Lipinski definition) is 1. The molecule has 0 amide bonds. The van der Waals surface area contributed by atoms with Crippen LogP contribution in [0.1, 0.15) is 63.9 Å². The first-order chi connectivity index (χ1) is 16.9. The second-order valence-corrected chi connectivity index (χ2v) is 9.38. The molecule has 0 atom stereocenters. The molecular weight excluding hydrogens is 452 g/mol. The molecule has 0 aliphatic heterocycles. The van der Waals surface area contributed by atoms with Gasteiger partial charge in [-0.1, -0.05) is 68.7 Å². The minimum Gasteiger partial charge on any atom is -0.429 e. The Morgan fingerprint density at radius 3 is 2.31 bits per heavy atom. The molecule has 0 bridgehead atoms. The van der Waals surface area contributed by atoms with Gasteiger partial charge in [-0.25, -0.2) is 8.78 Å². The maximum atomic E-state index is 14.5. The summed E-state index contributed by atoms with van der Waals surface area (Å²) in [4.78, 5) is 0. The summed E-state index contributed by atoms with van der Waals surface area (Å²) in [5.41, 5.74) is 2.57. The molecule has 184 valence electrons. The lowest BCUT2D eigenvalue weighted by Crippen LogP contribution is -2.13. The lowest BCUT2D eigenvalue weighted by atomic mass is 9.80. The van der Waals surface area contributed by atoms with Crippen LogP contribution in [0, 0.1) is 35.3 Å². The second-order valence-electron chi connectivity index (χ2n) is 9.38. The summed E-state index contributed by atoms with van der Waals surface area (Å²) < 4.78 is 57.6. The van der Waals surface area contributed by atoms with E-state index in [1.807, 2.05) is 24.3 Å². The number of halogens is 4. The predicted octanol–water partition coefficient (Wildman–Crippen LogP) is 9.12. The van der Waals surface area contributed by atoms with Crippen molar-refractivity contribution < 1.29 is 22.3 Å². The Kier molecular flexibility index (Phi) is 8.33. The van der Waals surface area contributed by atoms with Gasteiger partial charge in [0.1, 0.15) is 0 Å². The highest BCUT2D eigenvalue weighted by atomic mass is 19.3. The lowest BCUT2D eigenvalue weighted by Gasteiger charge is -2.25. The summed E-state index contributed by atoms with van der Waals surface area (Å²) in [6.07, 6.45) is 10.2. The van der Waals surface area contributed by atoms with E-state index in [4.69, 9.17) is 0 Å². The standard InChI is InChI=1S/C30H30F4O/c1-2-3-4-5-20-6-8-21(9-7-20)10-11-22-12-14-23(15-13-22)24-16-17-26-25(18-24)19-27(31)29(28(26)32)35-30(33)34/h12-21,30H,2-9H2,1H3. The van der Waals surface area contributed by atoms with Gasteiger partial charge in [-0.2, -0.15) is 8.78 Å². The van der Waals surface area contributed by atoms with Gasteiger partial charge < -0.3 is 4.74 Å². The first-order valence-electron chi connectivity index (χ1n) is 12.4. The highest BCUT2D eigenvalue weighted by Crippen LogP contribution is 2.34. The molecule has 5 heteroatoms. The maximum Gasteiger partial charge on any atom is 0.387 e. The van der Waals surface area contributed by atoms with E-state index in [0.29, 0.717) is 5.92 Å². The number of benzene rings is 3. The van der Waals surface area contributed by atoms with Gasteiger partial charge in [0.2, 0.25) is 0 Å². The van der Waals surface area contributed by atoms with Gasteiger partial charge in [0.05, 0.1) is 0 Å². The molecule has 0 saturated heterocycles. The Morgan fingerprint density at radius 2 is 1.63 bits per heavy atom. The third-order valence-corrected chi connectivity index (χ3v) is 6.90. The van der Waals surface area contributed by atoms with Crippen molar-refractivity contribution in [2.75, 3.05) is 0 Å². The van der Waals surface area contributed by atoms with Gasteiger partial charge in [-0.3, -0.25) is 0 Å². The Balaban J connectivity index is 1.42. The molecule has 3 aromatic rings. The van der Waals surface area contributed by atoms with E-state index in [9.17, 15) is 17.6 Å². The van der Waals surface area contributed by atoms with Crippen molar-refractivity contribution >= 4 is 10.8 Å². The molecule has 4 rings (SSSR count). The minimum atomic E-state index is -3.30. The van der Waals surface area contributed by atoms with Crippen LogP contribution in [0.3, 0.4) is 0 Å². The number of fused-ring (bicyclic) bond motifs is 1. The average molecular weight is 483 g/mol. The second kappa shape index (κ2) is 11.6. The molecule has 1 fully saturated rings. The largest absolute Gasteiger partial charge is 0.429 e. The SMILES string of the molecule is CCCCCC1CCC(C#Cc2ccc(-c3ccc4c(F)c(OC(F)F)c(F)cc4c3)cc2)CC1. The number of rotatable bonds is 7. The summed E-state index contributed by atoms with van der Waals surface area (Å²) in [6, 6.07) is 13.5. The van der Waals surface area contributed by atoms with Crippen molar-refractivity contribution in [1.82, 2.24) is 0 Å². The van der Waals surface area contributed by atoms with Crippen LogP contribution in [0.2, 0.25) is 0 Å². The summed E-state index contributed by atoms with van der Waals surface area (Å²) in [6.45, 7) is -1.06. The van der Waals surface area contributed by atoms with Gasteiger partial charge in [-0.05, 0) is 72.4 Å². The van der Waals surface area contributed by atoms with Crippen LogP contribution in [-0.4, -0.2) is 6.61 Å². The van der Waals surface area contributed by atoms with Gasteiger partial charge in [0.15, 0.2) is 17.4 Å². The monoisotopic (exact) mass is 482 g/mol. The number of alkyl halides is 2. The smallest absolute Gasteiger partial charge is 0.387 e. The normalized spacial score (nSPS) is 17.9. The van der Waals surface area contributed by atoms with Crippen molar-refractivity contribution in [2.45, 2.75) is 64.9 Å². The van der Waals surface area contributed by atoms with Gasteiger partial charge >= 0.3 is 6.61 Å². The maximum absolute atomic E-state index is 14.5. The van der Waals surface area contributed by atoms with Crippen LogP contribution in [0.4, 0.5) is 17.6 Å². The van der Waals surface area contributed by atoms with E-state index in [-0.39, 0.29) is 10.8 Å². The molecule has 1 aliphatic carbocycles. The molecule has 3 aromatic carbocycles. The van der Waals surface area contributed by atoms with Gasteiger partial charge in [0, 0.05) is 16.9 Å². The Bertz CT molecular complexity index is 1200. The van der Waals surface area contributed by atoms with E-state index in [2.05, 4.69) is 23.5 Å². The third-order valence-electron chi connectivity index (χ3n) is 6.90. The molecule has 0 N–H and O–H groups in total.